The second kappa shape index (κ2) is 8.53. The van der Waals surface area contributed by atoms with Crippen LogP contribution in [0.4, 0.5) is 9.93 Å². The summed E-state index contributed by atoms with van der Waals surface area (Å²) in [4.78, 5) is 29.8. The van der Waals surface area contributed by atoms with Crippen molar-refractivity contribution in [3.05, 3.63) is 24.2 Å². The molecule has 1 aromatic heterocycles. The van der Waals surface area contributed by atoms with Crippen molar-refractivity contribution in [1.29, 1.82) is 0 Å². The molecule has 120 valence electrons. The Morgan fingerprint density at radius 3 is 2.82 bits per heavy atom. The molecule has 1 aliphatic rings. The molecule has 0 aliphatic heterocycles. The lowest BCUT2D eigenvalue weighted by atomic mass is 9.96. The average Bonchev–Trinajstić information content (AvgIpc) is 3.00. The van der Waals surface area contributed by atoms with Crippen molar-refractivity contribution in [1.82, 2.24) is 15.2 Å². The van der Waals surface area contributed by atoms with Gasteiger partial charge in [0.1, 0.15) is 6.54 Å². The molecular formula is C15H22N4O2S. The molecule has 3 amide bonds. The number of nitrogens with one attached hydrogen (secondary N) is 2. The summed E-state index contributed by atoms with van der Waals surface area (Å²) in [6.07, 6.45) is 8.81. The van der Waals surface area contributed by atoms with Gasteiger partial charge in [0.15, 0.2) is 5.13 Å². The molecule has 0 saturated heterocycles. The molecule has 0 spiro atoms. The Bertz CT molecular complexity index is 498. The van der Waals surface area contributed by atoms with Crippen molar-refractivity contribution in [3.8, 4) is 0 Å². The first-order valence-corrected chi connectivity index (χ1v) is 8.42. The van der Waals surface area contributed by atoms with E-state index in [0.717, 1.165) is 25.7 Å². The van der Waals surface area contributed by atoms with Crippen LogP contribution in [-0.4, -0.2) is 41.0 Å². The van der Waals surface area contributed by atoms with Crippen LogP contribution in [0.15, 0.2) is 24.2 Å². The van der Waals surface area contributed by atoms with E-state index in [9.17, 15) is 9.59 Å². The number of anilines is 1. The predicted molar refractivity (Wildman–Crippen MR) is 87.9 cm³/mol. The Kier molecular flexibility index (Phi) is 6.39. The zero-order chi connectivity index (χ0) is 15.8. The summed E-state index contributed by atoms with van der Waals surface area (Å²) >= 11 is 1.35. The fourth-order valence-electron chi connectivity index (χ4n) is 2.51. The number of hydrogen-bond acceptors (Lipinski definition) is 4. The average molecular weight is 322 g/mol. The third-order valence-electron chi connectivity index (χ3n) is 3.58. The fourth-order valence-corrected chi connectivity index (χ4v) is 3.05. The van der Waals surface area contributed by atoms with Crippen molar-refractivity contribution >= 4 is 28.4 Å². The van der Waals surface area contributed by atoms with E-state index in [4.69, 9.17) is 0 Å². The van der Waals surface area contributed by atoms with E-state index in [0.29, 0.717) is 11.7 Å². The number of rotatable bonds is 6. The van der Waals surface area contributed by atoms with Crippen molar-refractivity contribution in [2.75, 3.05) is 18.4 Å². The van der Waals surface area contributed by atoms with Crippen LogP contribution in [0.1, 0.15) is 32.1 Å². The second-order valence-corrected chi connectivity index (χ2v) is 6.23. The summed E-state index contributed by atoms with van der Waals surface area (Å²) in [6, 6.07) is 0.0108. The van der Waals surface area contributed by atoms with Crippen LogP contribution < -0.4 is 10.6 Å². The number of nitrogens with zero attached hydrogens (tertiary/aromatic N) is 2. The van der Waals surface area contributed by atoms with E-state index >= 15 is 0 Å². The maximum atomic E-state index is 12.3. The van der Waals surface area contributed by atoms with E-state index in [1.807, 2.05) is 0 Å². The molecule has 0 atom stereocenters. The number of hydrogen-bond donors (Lipinski definition) is 2. The summed E-state index contributed by atoms with van der Waals surface area (Å²) in [6.45, 7) is 3.98. The van der Waals surface area contributed by atoms with E-state index in [-0.39, 0.29) is 24.5 Å². The largest absolute Gasteiger partial charge is 0.335 e. The van der Waals surface area contributed by atoms with Crippen molar-refractivity contribution in [3.63, 3.8) is 0 Å². The number of urea groups is 1. The molecule has 1 heterocycles. The minimum Gasteiger partial charge on any atom is -0.335 e. The van der Waals surface area contributed by atoms with Crippen LogP contribution in [-0.2, 0) is 4.79 Å². The van der Waals surface area contributed by atoms with Crippen LogP contribution >= 0.6 is 11.3 Å². The van der Waals surface area contributed by atoms with Gasteiger partial charge in [-0.05, 0) is 12.8 Å². The molecule has 0 unspecified atom stereocenters. The number of carbonyl (C=O) groups excluding carboxylic acids is 2. The molecule has 1 saturated carbocycles. The summed E-state index contributed by atoms with van der Waals surface area (Å²) < 4.78 is 0. The molecule has 2 N–H and O–H groups in total. The van der Waals surface area contributed by atoms with Crippen LogP contribution in [0.25, 0.3) is 0 Å². The van der Waals surface area contributed by atoms with E-state index in [2.05, 4.69) is 22.2 Å². The fraction of sp³-hybridized carbons (Fsp3) is 0.533. The highest BCUT2D eigenvalue weighted by Gasteiger charge is 2.21. The van der Waals surface area contributed by atoms with Crippen LogP contribution in [0, 0.1) is 0 Å². The lowest BCUT2D eigenvalue weighted by Gasteiger charge is -2.27. The SMILES string of the molecule is C=CCN(CC(=O)Nc1nccs1)C(=O)NC1CCCCC1. The first kappa shape index (κ1) is 16.5. The number of thiazole rings is 1. The van der Waals surface area contributed by atoms with Gasteiger partial charge in [0, 0.05) is 24.2 Å². The van der Waals surface area contributed by atoms with Crippen LogP contribution in [0.5, 0.6) is 0 Å². The molecular weight excluding hydrogens is 300 g/mol. The highest BCUT2D eigenvalue weighted by atomic mass is 32.1. The Labute approximate surface area is 134 Å². The van der Waals surface area contributed by atoms with E-state index in [1.54, 1.807) is 17.7 Å². The summed E-state index contributed by atoms with van der Waals surface area (Å²) in [5.41, 5.74) is 0. The molecule has 0 bridgehead atoms. The molecule has 1 aromatic rings. The second-order valence-electron chi connectivity index (χ2n) is 5.34. The standard InChI is InChI=1S/C15H22N4O2S/c1-2-9-19(11-13(20)18-14-16-8-10-22-14)15(21)17-12-6-4-3-5-7-12/h2,8,10,12H,1,3-7,9,11H2,(H,17,21)(H,16,18,20). The molecule has 0 aromatic carbocycles. The summed E-state index contributed by atoms with van der Waals surface area (Å²) in [5, 5.41) is 8.02. The van der Waals surface area contributed by atoms with Gasteiger partial charge >= 0.3 is 6.03 Å². The lowest BCUT2D eigenvalue weighted by molar-refractivity contribution is -0.116. The minimum absolute atomic E-state index is 0.00977. The Morgan fingerprint density at radius 2 is 2.18 bits per heavy atom. The quantitative estimate of drug-likeness (QED) is 0.791. The molecule has 1 aliphatic carbocycles. The van der Waals surface area contributed by atoms with Gasteiger partial charge < -0.3 is 15.5 Å². The number of amides is 3. The van der Waals surface area contributed by atoms with E-state index < -0.39 is 0 Å². The first-order chi connectivity index (χ1) is 10.7. The lowest BCUT2D eigenvalue weighted by Crippen LogP contribution is -2.48. The van der Waals surface area contributed by atoms with Crippen molar-refractivity contribution < 1.29 is 9.59 Å². The monoisotopic (exact) mass is 322 g/mol. The van der Waals surface area contributed by atoms with Crippen molar-refractivity contribution in [2.24, 2.45) is 0 Å². The van der Waals surface area contributed by atoms with E-state index in [1.165, 1.54) is 22.7 Å². The van der Waals surface area contributed by atoms with Crippen LogP contribution in [0.2, 0.25) is 0 Å². The van der Waals surface area contributed by atoms with Gasteiger partial charge in [0.05, 0.1) is 0 Å². The highest BCUT2D eigenvalue weighted by Crippen LogP contribution is 2.17. The molecule has 7 heteroatoms. The third kappa shape index (κ3) is 5.14. The molecule has 0 radical (unpaired) electrons. The topological polar surface area (TPSA) is 74.3 Å². The van der Waals surface area contributed by atoms with Gasteiger partial charge in [-0.2, -0.15) is 0 Å². The number of carbonyl (C=O) groups is 2. The zero-order valence-electron chi connectivity index (χ0n) is 12.6. The van der Waals surface area contributed by atoms with Gasteiger partial charge in [-0.25, -0.2) is 9.78 Å². The predicted octanol–water partition coefficient (Wildman–Crippen LogP) is 2.61. The van der Waals surface area contributed by atoms with Gasteiger partial charge in [-0.1, -0.05) is 25.3 Å². The highest BCUT2D eigenvalue weighted by molar-refractivity contribution is 7.13. The van der Waals surface area contributed by atoms with Gasteiger partial charge in [0.25, 0.3) is 0 Å². The Balaban J connectivity index is 1.85. The van der Waals surface area contributed by atoms with Gasteiger partial charge in [0.2, 0.25) is 5.91 Å². The Hall–Kier alpha value is -1.89. The first-order valence-electron chi connectivity index (χ1n) is 7.54. The smallest absolute Gasteiger partial charge is 0.318 e. The Morgan fingerprint density at radius 1 is 1.41 bits per heavy atom. The molecule has 2 rings (SSSR count). The summed E-state index contributed by atoms with van der Waals surface area (Å²) in [7, 11) is 0. The minimum atomic E-state index is -0.254. The maximum absolute atomic E-state index is 12.3. The molecule has 1 fully saturated rings. The molecule has 22 heavy (non-hydrogen) atoms. The van der Waals surface area contributed by atoms with Gasteiger partial charge in [-0.3, -0.25) is 4.79 Å². The third-order valence-corrected chi connectivity index (χ3v) is 4.27. The molecule has 6 nitrogen and oxygen atoms in total. The normalized spacial score (nSPS) is 15.1. The van der Waals surface area contributed by atoms with Gasteiger partial charge in [-0.15, -0.1) is 17.9 Å². The zero-order valence-corrected chi connectivity index (χ0v) is 13.4. The summed E-state index contributed by atoms with van der Waals surface area (Å²) in [5.74, 6) is -0.254. The number of aromatic nitrogens is 1. The van der Waals surface area contributed by atoms with Crippen molar-refractivity contribution in [2.45, 2.75) is 38.1 Å². The van der Waals surface area contributed by atoms with Crippen LogP contribution in [0.3, 0.4) is 0 Å². The maximum Gasteiger partial charge on any atom is 0.318 e.